The number of nitrogens with zero attached hydrogens (tertiary/aromatic N) is 1. The zero-order chi connectivity index (χ0) is 10.7. The number of hydrogen-bond acceptors (Lipinski definition) is 3. The normalized spacial score (nSPS) is 17.1. The summed E-state index contributed by atoms with van der Waals surface area (Å²) in [6.45, 7) is 1.67. The van der Waals surface area contributed by atoms with E-state index in [-0.39, 0.29) is 11.9 Å². The van der Waals surface area contributed by atoms with Gasteiger partial charge in [0.2, 0.25) is 0 Å². The van der Waals surface area contributed by atoms with Crippen molar-refractivity contribution in [3.05, 3.63) is 35.6 Å². The summed E-state index contributed by atoms with van der Waals surface area (Å²) < 4.78 is 12.7. The van der Waals surface area contributed by atoms with Crippen molar-refractivity contribution < 1.29 is 4.39 Å². The van der Waals surface area contributed by atoms with E-state index in [4.69, 9.17) is 5.73 Å². The first-order valence-corrected chi connectivity index (χ1v) is 5.04. The summed E-state index contributed by atoms with van der Waals surface area (Å²) in [5.74, 6) is 0.642. The van der Waals surface area contributed by atoms with Crippen LogP contribution >= 0.6 is 0 Å². The molecule has 0 saturated heterocycles. The zero-order valence-electron chi connectivity index (χ0n) is 8.41. The molecule has 0 fully saturated rings. The Bertz CT molecular complexity index is 359. The SMILES string of the molecule is NC(Cc1ccc(F)cc1)C1=NCCN1. The molecule has 0 aromatic heterocycles. The highest BCUT2D eigenvalue weighted by Gasteiger charge is 2.14. The highest BCUT2D eigenvalue weighted by Crippen LogP contribution is 2.06. The minimum absolute atomic E-state index is 0.113. The van der Waals surface area contributed by atoms with Gasteiger partial charge in [0.15, 0.2) is 0 Å². The topological polar surface area (TPSA) is 50.4 Å². The highest BCUT2D eigenvalue weighted by molar-refractivity contribution is 5.88. The van der Waals surface area contributed by atoms with Gasteiger partial charge >= 0.3 is 0 Å². The summed E-state index contributed by atoms with van der Waals surface area (Å²) in [6.07, 6.45) is 0.687. The summed E-state index contributed by atoms with van der Waals surface area (Å²) in [5, 5.41) is 3.14. The van der Waals surface area contributed by atoms with E-state index in [1.807, 2.05) is 0 Å². The van der Waals surface area contributed by atoms with Gasteiger partial charge in [0.1, 0.15) is 11.7 Å². The molecule has 0 bridgehead atoms. The van der Waals surface area contributed by atoms with Crippen molar-refractivity contribution in [3.8, 4) is 0 Å². The molecule has 2 rings (SSSR count). The fourth-order valence-electron chi connectivity index (χ4n) is 1.64. The number of benzene rings is 1. The Labute approximate surface area is 88.2 Å². The van der Waals surface area contributed by atoms with E-state index in [9.17, 15) is 4.39 Å². The predicted molar refractivity (Wildman–Crippen MR) is 58.4 cm³/mol. The van der Waals surface area contributed by atoms with Gasteiger partial charge in [-0.2, -0.15) is 0 Å². The second kappa shape index (κ2) is 4.40. The Hall–Kier alpha value is -1.42. The van der Waals surface area contributed by atoms with Crippen molar-refractivity contribution in [2.24, 2.45) is 10.7 Å². The number of aliphatic imine (C=N–C) groups is 1. The van der Waals surface area contributed by atoms with E-state index < -0.39 is 0 Å². The molecule has 0 saturated carbocycles. The van der Waals surface area contributed by atoms with E-state index in [0.717, 1.165) is 24.5 Å². The van der Waals surface area contributed by atoms with Crippen LogP contribution in [0, 0.1) is 5.82 Å². The monoisotopic (exact) mass is 207 g/mol. The number of nitrogens with one attached hydrogen (secondary N) is 1. The van der Waals surface area contributed by atoms with Gasteiger partial charge in [-0.3, -0.25) is 4.99 Å². The first kappa shape index (κ1) is 10.1. The molecule has 3 N–H and O–H groups in total. The summed E-state index contributed by atoms with van der Waals surface area (Å²) in [4.78, 5) is 4.26. The second-order valence-corrected chi connectivity index (χ2v) is 3.63. The van der Waals surface area contributed by atoms with Gasteiger partial charge in [-0.15, -0.1) is 0 Å². The molecule has 80 valence electrons. The molecule has 0 radical (unpaired) electrons. The van der Waals surface area contributed by atoms with E-state index in [1.165, 1.54) is 12.1 Å². The largest absolute Gasteiger partial charge is 0.371 e. The van der Waals surface area contributed by atoms with E-state index in [1.54, 1.807) is 12.1 Å². The molecular formula is C11H14FN3. The molecule has 1 aromatic carbocycles. The van der Waals surface area contributed by atoms with Crippen LogP contribution in [0.2, 0.25) is 0 Å². The van der Waals surface area contributed by atoms with Crippen molar-refractivity contribution in [2.45, 2.75) is 12.5 Å². The van der Waals surface area contributed by atoms with Gasteiger partial charge in [-0.25, -0.2) is 4.39 Å². The third kappa shape index (κ3) is 2.53. The molecule has 1 aromatic rings. The lowest BCUT2D eigenvalue weighted by atomic mass is 10.1. The molecule has 0 aliphatic carbocycles. The summed E-state index contributed by atoms with van der Waals surface area (Å²) >= 11 is 0. The van der Waals surface area contributed by atoms with Crippen molar-refractivity contribution in [1.82, 2.24) is 5.32 Å². The first-order valence-electron chi connectivity index (χ1n) is 5.04. The molecule has 0 spiro atoms. The lowest BCUT2D eigenvalue weighted by Gasteiger charge is -2.12. The van der Waals surface area contributed by atoms with Gasteiger partial charge < -0.3 is 11.1 Å². The maximum absolute atomic E-state index is 12.7. The maximum atomic E-state index is 12.7. The third-order valence-corrected chi connectivity index (χ3v) is 2.42. The third-order valence-electron chi connectivity index (χ3n) is 2.42. The Morgan fingerprint density at radius 2 is 2.13 bits per heavy atom. The van der Waals surface area contributed by atoms with Crippen LogP contribution in [-0.4, -0.2) is 25.0 Å². The Morgan fingerprint density at radius 1 is 1.40 bits per heavy atom. The predicted octanol–water partition coefficient (Wildman–Crippen LogP) is 0.697. The van der Waals surface area contributed by atoms with E-state index in [2.05, 4.69) is 10.3 Å². The summed E-state index contributed by atoms with van der Waals surface area (Å²) in [6, 6.07) is 6.30. The number of amidine groups is 1. The molecular weight excluding hydrogens is 193 g/mol. The Balaban J connectivity index is 1.99. The van der Waals surface area contributed by atoms with Gasteiger partial charge in [0, 0.05) is 6.54 Å². The quantitative estimate of drug-likeness (QED) is 0.766. The second-order valence-electron chi connectivity index (χ2n) is 3.63. The van der Waals surface area contributed by atoms with Crippen LogP contribution in [0.15, 0.2) is 29.3 Å². The minimum atomic E-state index is -0.219. The molecule has 3 nitrogen and oxygen atoms in total. The van der Waals surface area contributed by atoms with Gasteiger partial charge in [-0.05, 0) is 24.1 Å². The summed E-state index contributed by atoms with van der Waals surface area (Å²) in [5.41, 5.74) is 6.99. The van der Waals surface area contributed by atoms with Crippen LogP contribution in [0.5, 0.6) is 0 Å². The fraction of sp³-hybridized carbons (Fsp3) is 0.364. The van der Waals surface area contributed by atoms with Crippen LogP contribution in [-0.2, 0) is 6.42 Å². The van der Waals surface area contributed by atoms with Crippen LogP contribution in [0.25, 0.3) is 0 Å². The van der Waals surface area contributed by atoms with Gasteiger partial charge in [0.05, 0.1) is 12.6 Å². The molecule has 1 atom stereocenters. The molecule has 1 unspecified atom stereocenters. The molecule has 4 heteroatoms. The van der Waals surface area contributed by atoms with Crippen molar-refractivity contribution >= 4 is 5.84 Å². The van der Waals surface area contributed by atoms with Crippen LogP contribution in [0.4, 0.5) is 4.39 Å². The molecule has 15 heavy (non-hydrogen) atoms. The lowest BCUT2D eigenvalue weighted by Crippen LogP contribution is -2.39. The fourth-order valence-corrected chi connectivity index (χ4v) is 1.64. The number of rotatable bonds is 3. The number of halogens is 1. The average Bonchev–Trinajstić information content (AvgIpc) is 2.74. The van der Waals surface area contributed by atoms with Crippen molar-refractivity contribution in [3.63, 3.8) is 0 Å². The van der Waals surface area contributed by atoms with Crippen LogP contribution in [0.3, 0.4) is 0 Å². The van der Waals surface area contributed by atoms with Crippen LogP contribution in [0.1, 0.15) is 5.56 Å². The van der Waals surface area contributed by atoms with E-state index in [0.29, 0.717) is 6.42 Å². The van der Waals surface area contributed by atoms with E-state index >= 15 is 0 Å². The zero-order valence-corrected chi connectivity index (χ0v) is 8.41. The molecule has 1 heterocycles. The number of nitrogens with two attached hydrogens (primary N) is 1. The average molecular weight is 207 g/mol. The first-order chi connectivity index (χ1) is 7.25. The lowest BCUT2D eigenvalue weighted by molar-refractivity contribution is 0.626. The van der Waals surface area contributed by atoms with Crippen LogP contribution < -0.4 is 11.1 Å². The molecule has 1 aliphatic heterocycles. The summed E-state index contributed by atoms with van der Waals surface area (Å²) in [7, 11) is 0. The standard InChI is InChI=1S/C11H14FN3/c12-9-3-1-8(2-4-9)7-10(13)11-14-5-6-15-11/h1-4,10H,5-7,13H2,(H,14,15). The minimum Gasteiger partial charge on any atom is -0.371 e. The molecule has 0 amide bonds. The van der Waals surface area contributed by atoms with Gasteiger partial charge in [0.25, 0.3) is 0 Å². The van der Waals surface area contributed by atoms with Gasteiger partial charge in [-0.1, -0.05) is 12.1 Å². The molecule has 1 aliphatic rings. The maximum Gasteiger partial charge on any atom is 0.123 e. The Kier molecular flexibility index (Phi) is 2.97. The Morgan fingerprint density at radius 3 is 2.73 bits per heavy atom. The highest BCUT2D eigenvalue weighted by atomic mass is 19.1. The smallest absolute Gasteiger partial charge is 0.123 e. The number of hydrogen-bond donors (Lipinski definition) is 2. The van der Waals surface area contributed by atoms with Crippen molar-refractivity contribution in [1.29, 1.82) is 0 Å². The van der Waals surface area contributed by atoms with Crippen molar-refractivity contribution in [2.75, 3.05) is 13.1 Å².